The minimum atomic E-state index is -0.848. The van der Waals surface area contributed by atoms with E-state index in [4.69, 9.17) is 4.74 Å². The van der Waals surface area contributed by atoms with Gasteiger partial charge in [0.15, 0.2) is 0 Å². The average molecular weight is 332 g/mol. The first kappa shape index (κ1) is 16.9. The van der Waals surface area contributed by atoms with Crippen molar-refractivity contribution in [2.24, 2.45) is 5.92 Å². The Bertz CT molecular complexity index is 592. The van der Waals surface area contributed by atoms with Gasteiger partial charge < -0.3 is 14.7 Å². The summed E-state index contributed by atoms with van der Waals surface area (Å²) in [5.74, 6) is -1.67. The zero-order valence-electron chi connectivity index (χ0n) is 13.9. The zero-order valence-corrected chi connectivity index (χ0v) is 13.9. The maximum Gasteiger partial charge on any atom is 0.308 e. The van der Waals surface area contributed by atoms with Gasteiger partial charge in [-0.2, -0.15) is 0 Å². The first-order valence-electron chi connectivity index (χ1n) is 8.50. The molecule has 6 heteroatoms. The van der Waals surface area contributed by atoms with Crippen LogP contribution in [0.2, 0.25) is 0 Å². The third-order valence-corrected chi connectivity index (χ3v) is 5.05. The highest BCUT2D eigenvalue weighted by molar-refractivity contribution is 5.83. The Morgan fingerprint density at radius 3 is 2.62 bits per heavy atom. The van der Waals surface area contributed by atoms with Crippen molar-refractivity contribution >= 4 is 11.9 Å². The second-order valence-electron chi connectivity index (χ2n) is 6.46. The van der Waals surface area contributed by atoms with E-state index in [1.165, 1.54) is 0 Å². The number of aliphatic carboxylic acids is 1. The molecule has 2 fully saturated rings. The van der Waals surface area contributed by atoms with Crippen molar-refractivity contribution in [3.05, 3.63) is 35.9 Å². The number of benzene rings is 1. The summed E-state index contributed by atoms with van der Waals surface area (Å²) in [4.78, 5) is 28.3. The molecule has 3 atom stereocenters. The van der Waals surface area contributed by atoms with Gasteiger partial charge in [-0.05, 0) is 12.1 Å². The molecule has 3 rings (SSSR count). The Hall–Kier alpha value is -1.92. The van der Waals surface area contributed by atoms with E-state index in [0.717, 1.165) is 18.7 Å². The van der Waals surface area contributed by atoms with Crippen LogP contribution in [-0.4, -0.2) is 72.2 Å². The molecule has 2 aliphatic heterocycles. The van der Waals surface area contributed by atoms with Crippen molar-refractivity contribution in [3.63, 3.8) is 0 Å². The van der Waals surface area contributed by atoms with Gasteiger partial charge in [-0.25, -0.2) is 0 Å². The van der Waals surface area contributed by atoms with Crippen LogP contribution in [0.4, 0.5) is 0 Å². The fourth-order valence-corrected chi connectivity index (χ4v) is 3.61. The van der Waals surface area contributed by atoms with Gasteiger partial charge in [0, 0.05) is 32.1 Å². The second kappa shape index (κ2) is 7.32. The van der Waals surface area contributed by atoms with E-state index in [1.807, 2.05) is 30.3 Å². The normalized spacial score (nSPS) is 28.0. The molecule has 2 saturated heterocycles. The molecule has 24 heavy (non-hydrogen) atoms. The standard InChI is InChI=1S/C18H24N2O4/c1-2-19-8-9-24-16(12-19)17(21)20-10-14(15(11-20)18(22)23)13-6-4-3-5-7-13/h3-7,14-16H,2,8-12H2,1H3,(H,22,23)/t14-,15+,16?/m1/s1. The van der Waals surface area contributed by atoms with Gasteiger partial charge in [0.05, 0.1) is 12.5 Å². The summed E-state index contributed by atoms with van der Waals surface area (Å²) in [7, 11) is 0. The number of likely N-dealkylation sites (N-methyl/N-ethyl adjacent to an activating group) is 1. The van der Waals surface area contributed by atoms with Crippen molar-refractivity contribution < 1.29 is 19.4 Å². The van der Waals surface area contributed by atoms with Crippen molar-refractivity contribution in [2.45, 2.75) is 18.9 Å². The lowest BCUT2D eigenvalue weighted by Crippen LogP contribution is -2.50. The van der Waals surface area contributed by atoms with Gasteiger partial charge in [-0.1, -0.05) is 37.3 Å². The first-order valence-corrected chi connectivity index (χ1v) is 8.50. The van der Waals surface area contributed by atoms with Crippen LogP contribution in [-0.2, 0) is 14.3 Å². The second-order valence-corrected chi connectivity index (χ2v) is 6.46. The lowest BCUT2D eigenvalue weighted by molar-refractivity contribution is -0.149. The molecule has 1 N–H and O–H groups in total. The number of carboxylic acid groups (broad SMARTS) is 1. The summed E-state index contributed by atoms with van der Waals surface area (Å²) in [6.07, 6.45) is -0.484. The number of carbonyl (C=O) groups is 2. The molecule has 0 spiro atoms. The van der Waals surface area contributed by atoms with E-state index in [1.54, 1.807) is 4.90 Å². The maximum absolute atomic E-state index is 12.8. The predicted octanol–water partition coefficient (Wildman–Crippen LogP) is 1.03. The van der Waals surface area contributed by atoms with E-state index >= 15 is 0 Å². The molecule has 0 saturated carbocycles. The Morgan fingerprint density at radius 1 is 1.21 bits per heavy atom. The molecule has 1 amide bonds. The van der Waals surface area contributed by atoms with E-state index in [2.05, 4.69) is 11.8 Å². The highest BCUT2D eigenvalue weighted by Crippen LogP contribution is 2.33. The van der Waals surface area contributed by atoms with Crippen LogP contribution in [0.1, 0.15) is 18.4 Å². The molecule has 0 aliphatic carbocycles. The topological polar surface area (TPSA) is 70.1 Å². The Labute approximate surface area is 142 Å². The number of nitrogens with zero attached hydrogens (tertiary/aromatic N) is 2. The van der Waals surface area contributed by atoms with Crippen LogP contribution in [0.3, 0.4) is 0 Å². The van der Waals surface area contributed by atoms with Crippen LogP contribution in [0.5, 0.6) is 0 Å². The molecule has 1 aromatic carbocycles. The number of carboxylic acids is 1. The lowest BCUT2D eigenvalue weighted by atomic mass is 9.89. The molecule has 0 bridgehead atoms. The van der Waals surface area contributed by atoms with Crippen molar-refractivity contribution in [1.29, 1.82) is 0 Å². The monoisotopic (exact) mass is 332 g/mol. The molecule has 0 radical (unpaired) electrons. The van der Waals surface area contributed by atoms with Gasteiger partial charge >= 0.3 is 5.97 Å². The molecule has 2 heterocycles. The van der Waals surface area contributed by atoms with Crippen molar-refractivity contribution in [2.75, 3.05) is 39.3 Å². The number of carbonyl (C=O) groups excluding carboxylic acids is 1. The molecular formula is C18H24N2O4. The van der Waals surface area contributed by atoms with E-state index in [9.17, 15) is 14.7 Å². The minimum absolute atomic E-state index is 0.0853. The number of hydrogen-bond donors (Lipinski definition) is 1. The van der Waals surface area contributed by atoms with Gasteiger partial charge in [0.25, 0.3) is 5.91 Å². The predicted molar refractivity (Wildman–Crippen MR) is 88.7 cm³/mol. The number of rotatable bonds is 4. The third kappa shape index (κ3) is 3.44. The molecule has 1 aromatic rings. The van der Waals surface area contributed by atoms with Crippen LogP contribution in [0.15, 0.2) is 30.3 Å². The SMILES string of the molecule is CCN1CCOC(C(=O)N2C[C@H](C(=O)O)[C@@H](c3ccccc3)C2)C1. The van der Waals surface area contributed by atoms with Crippen molar-refractivity contribution in [1.82, 2.24) is 9.80 Å². The Morgan fingerprint density at radius 2 is 1.96 bits per heavy atom. The Balaban J connectivity index is 1.73. The number of amides is 1. The summed E-state index contributed by atoms with van der Waals surface area (Å²) in [5.41, 5.74) is 0.972. The van der Waals surface area contributed by atoms with Crippen LogP contribution < -0.4 is 0 Å². The fourth-order valence-electron chi connectivity index (χ4n) is 3.61. The molecular weight excluding hydrogens is 308 g/mol. The number of ether oxygens (including phenoxy) is 1. The third-order valence-electron chi connectivity index (χ3n) is 5.05. The largest absolute Gasteiger partial charge is 0.481 e. The molecule has 2 aliphatic rings. The van der Waals surface area contributed by atoms with Gasteiger partial charge in [0.1, 0.15) is 6.10 Å². The number of likely N-dealkylation sites (tertiary alicyclic amines) is 1. The fraction of sp³-hybridized carbons (Fsp3) is 0.556. The van der Waals surface area contributed by atoms with E-state index in [-0.39, 0.29) is 18.4 Å². The first-order chi connectivity index (χ1) is 11.6. The number of hydrogen-bond acceptors (Lipinski definition) is 4. The summed E-state index contributed by atoms with van der Waals surface area (Å²) in [6.45, 7) is 5.60. The van der Waals surface area contributed by atoms with Gasteiger partial charge in [-0.3, -0.25) is 14.5 Å². The van der Waals surface area contributed by atoms with Crippen LogP contribution in [0, 0.1) is 5.92 Å². The molecule has 6 nitrogen and oxygen atoms in total. The molecule has 1 unspecified atom stereocenters. The maximum atomic E-state index is 12.8. The lowest BCUT2D eigenvalue weighted by Gasteiger charge is -2.33. The van der Waals surface area contributed by atoms with Crippen LogP contribution in [0.25, 0.3) is 0 Å². The van der Waals surface area contributed by atoms with Crippen LogP contribution >= 0.6 is 0 Å². The van der Waals surface area contributed by atoms with Gasteiger partial charge in [-0.15, -0.1) is 0 Å². The van der Waals surface area contributed by atoms with E-state index < -0.39 is 18.0 Å². The summed E-state index contributed by atoms with van der Waals surface area (Å²) < 4.78 is 5.64. The van der Waals surface area contributed by atoms with Crippen molar-refractivity contribution in [3.8, 4) is 0 Å². The zero-order chi connectivity index (χ0) is 17.1. The summed E-state index contributed by atoms with van der Waals surface area (Å²) in [6, 6.07) is 9.59. The average Bonchev–Trinajstić information content (AvgIpc) is 3.07. The smallest absolute Gasteiger partial charge is 0.308 e. The molecule has 0 aromatic heterocycles. The molecule has 130 valence electrons. The highest BCUT2D eigenvalue weighted by Gasteiger charge is 2.42. The minimum Gasteiger partial charge on any atom is -0.481 e. The summed E-state index contributed by atoms with van der Waals surface area (Å²) in [5, 5.41) is 9.56. The highest BCUT2D eigenvalue weighted by atomic mass is 16.5. The van der Waals surface area contributed by atoms with E-state index in [0.29, 0.717) is 19.7 Å². The Kier molecular flexibility index (Phi) is 5.16. The van der Waals surface area contributed by atoms with Gasteiger partial charge in [0.2, 0.25) is 0 Å². The quantitative estimate of drug-likeness (QED) is 0.892. The summed E-state index contributed by atoms with van der Waals surface area (Å²) >= 11 is 0. The number of morpholine rings is 1.